The minimum absolute atomic E-state index is 0.108. The van der Waals surface area contributed by atoms with Gasteiger partial charge in [-0.2, -0.15) is 0 Å². The van der Waals surface area contributed by atoms with Crippen LogP contribution in [0.15, 0.2) is 72.8 Å². The molecule has 41 heavy (non-hydrogen) atoms. The SMILES string of the molecule is CCC(C)NC(=O)C(Cc1ccccc1)N(Cc1c(Cl)cccc1Cl)C(=O)CN(c1ccc(OC)cc1)S(C)(=O)=O. The van der Waals surface area contributed by atoms with Crippen LogP contribution in [0, 0.1) is 0 Å². The van der Waals surface area contributed by atoms with E-state index in [1.165, 1.54) is 12.0 Å². The van der Waals surface area contributed by atoms with Gasteiger partial charge >= 0.3 is 0 Å². The molecule has 8 nitrogen and oxygen atoms in total. The van der Waals surface area contributed by atoms with E-state index in [2.05, 4.69) is 5.32 Å². The van der Waals surface area contributed by atoms with Crippen LogP contribution in [0.2, 0.25) is 10.0 Å². The molecule has 0 spiro atoms. The van der Waals surface area contributed by atoms with Crippen molar-refractivity contribution in [1.29, 1.82) is 0 Å². The smallest absolute Gasteiger partial charge is 0.244 e. The Morgan fingerprint density at radius 2 is 1.56 bits per heavy atom. The maximum absolute atomic E-state index is 14.1. The van der Waals surface area contributed by atoms with Crippen molar-refractivity contribution in [3.8, 4) is 5.75 Å². The molecule has 220 valence electrons. The topological polar surface area (TPSA) is 96.0 Å². The zero-order chi connectivity index (χ0) is 30.2. The number of hydrogen-bond acceptors (Lipinski definition) is 5. The summed E-state index contributed by atoms with van der Waals surface area (Å²) >= 11 is 13.0. The first-order valence-corrected chi connectivity index (χ1v) is 15.7. The Morgan fingerprint density at radius 3 is 2.10 bits per heavy atom. The Kier molecular flexibility index (Phi) is 11.5. The van der Waals surface area contributed by atoms with Gasteiger partial charge in [-0.3, -0.25) is 13.9 Å². The molecule has 2 atom stereocenters. The number of carbonyl (C=O) groups excluding carboxylic acids is 2. The average Bonchev–Trinajstić information content (AvgIpc) is 2.94. The largest absolute Gasteiger partial charge is 0.497 e. The Bertz CT molecular complexity index is 1420. The van der Waals surface area contributed by atoms with Gasteiger partial charge in [-0.25, -0.2) is 8.42 Å². The second-order valence-electron chi connectivity index (χ2n) is 9.71. The van der Waals surface area contributed by atoms with Crippen LogP contribution >= 0.6 is 23.2 Å². The Morgan fingerprint density at radius 1 is 0.951 bits per heavy atom. The number of hydrogen-bond donors (Lipinski definition) is 1. The van der Waals surface area contributed by atoms with Crippen molar-refractivity contribution in [2.75, 3.05) is 24.2 Å². The summed E-state index contributed by atoms with van der Waals surface area (Å²) in [7, 11) is -2.39. The molecule has 1 N–H and O–H groups in total. The lowest BCUT2D eigenvalue weighted by atomic mass is 10.0. The number of rotatable bonds is 13. The van der Waals surface area contributed by atoms with E-state index >= 15 is 0 Å². The summed E-state index contributed by atoms with van der Waals surface area (Å²) in [6.45, 7) is 3.17. The first-order chi connectivity index (χ1) is 19.4. The van der Waals surface area contributed by atoms with E-state index in [4.69, 9.17) is 27.9 Å². The van der Waals surface area contributed by atoms with Crippen molar-refractivity contribution in [1.82, 2.24) is 10.2 Å². The molecule has 0 saturated heterocycles. The van der Waals surface area contributed by atoms with E-state index in [9.17, 15) is 18.0 Å². The fraction of sp³-hybridized carbons (Fsp3) is 0.333. The predicted molar refractivity (Wildman–Crippen MR) is 164 cm³/mol. The molecule has 11 heteroatoms. The fourth-order valence-electron chi connectivity index (χ4n) is 4.21. The second-order valence-corrected chi connectivity index (χ2v) is 12.4. The molecule has 0 aliphatic heterocycles. The molecule has 0 aliphatic carbocycles. The molecular weight excluding hydrogens is 585 g/mol. The van der Waals surface area contributed by atoms with Gasteiger partial charge in [0.15, 0.2) is 0 Å². The average molecular weight is 621 g/mol. The van der Waals surface area contributed by atoms with E-state index in [0.29, 0.717) is 27.8 Å². The number of nitrogens with zero attached hydrogens (tertiary/aromatic N) is 2. The van der Waals surface area contributed by atoms with Gasteiger partial charge in [-0.05, 0) is 55.3 Å². The van der Waals surface area contributed by atoms with Gasteiger partial charge < -0.3 is 15.0 Å². The third-order valence-corrected chi connectivity index (χ3v) is 8.55. The predicted octanol–water partition coefficient (Wildman–Crippen LogP) is 5.32. The van der Waals surface area contributed by atoms with E-state index in [-0.39, 0.29) is 30.6 Å². The molecular formula is C30H35Cl2N3O5S. The number of sulfonamides is 1. The van der Waals surface area contributed by atoms with Crippen LogP contribution in [0.3, 0.4) is 0 Å². The summed E-state index contributed by atoms with van der Waals surface area (Å²) in [5.41, 5.74) is 1.56. The number of methoxy groups -OCH3 is 1. The van der Waals surface area contributed by atoms with E-state index in [0.717, 1.165) is 16.1 Å². The Labute approximate surface area is 252 Å². The standard InChI is InChI=1S/C30H35Cl2N3O5S/c1-5-21(2)33-30(37)28(18-22-10-7-6-8-11-22)34(19-25-26(31)12-9-13-27(25)32)29(36)20-35(41(4,38)39)23-14-16-24(40-3)17-15-23/h6-17,21,28H,5,18-20H2,1-4H3,(H,33,37). The summed E-state index contributed by atoms with van der Waals surface area (Å²) in [5.74, 6) is -0.425. The molecule has 0 radical (unpaired) electrons. The zero-order valence-corrected chi connectivity index (χ0v) is 25.8. The number of halogens is 2. The molecule has 2 unspecified atom stereocenters. The normalized spacial score (nSPS) is 12.7. The molecule has 0 saturated carbocycles. The second kappa shape index (κ2) is 14.6. The van der Waals surface area contributed by atoms with Gasteiger partial charge in [0.25, 0.3) is 0 Å². The number of amides is 2. The Hall–Kier alpha value is -3.27. The molecule has 0 fully saturated rings. The quantitative estimate of drug-likeness (QED) is 0.279. The van der Waals surface area contributed by atoms with Crippen molar-refractivity contribution in [3.63, 3.8) is 0 Å². The van der Waals surface area contributed by atoms with Gasteiger partial charge in [0, 0.05) is 34.6 Å². The highest BCUT2D eigenvalue weighted by Crippen LogP contribution is 2.28. The number of carbonyl (C=O) groups is 2. The summed E-state index contributed by atoms with van der Waals surface area (Å²) < 4.78 is 32.0. The molecule has 0 bridgehead atoms. The lowest BCUT2D eigenvalue weighted by Gasteiger charge is -2.34. The van der Waals surface area contributed by atoms with Crippen molar-refractivity contribution in [2.45, 2.75) is 45.3 Å². The van der Waals surface area contributed by atoms with E-state index < -0.39 is 28.5 Å². The lowest BCUT2D eigenvalue weighted by Crippen LogP contribution is -2.54. The first-order valence-electron chi connectivity index (χ1n) is 13.1. The lowest BCUT2D eigenvalue weighted by molar-refractivity contribution is -0.140. The molecule has 3 rings (SSSR count). The highest BCUT2D eigenvalue weighted by Gasteiger charge is 2.34. The third-order valence-electron chi connectivity index (χ3n) is 6.70. The molecule has 0 aliphatic rings. The number of benzene rings is 3. The van der Waals surface area contributed by atoms with Gasteiger partial charge in [0.1, 0.15) is 18.3 Å². The number of anilines is 1. The molecule has 2 amide bonds. The van der Waals surface area contributed by atoms with Crippen LogP contribution in [0.1, 0.15) is 31.4 Å². The maximum Gasteiger partial charge on any atom is 0.244 e. The minimum atomic E-state index is -3.89. The van der Waals surface area contributed by atoms with Gasteiger partial charge in [-0.1, -0.05) is 66.5 Å². The number of nitrogens with one attached hydrogen (secondary N) is 1. The summed E-state index contributed by atoms with van der Waals surface area (Å²) in [4.78, 5) is 29.2. The van der Waals surface area contributed by atoms with Crippen LogP contribution in [0.5, 0.6) is 5.75 Å². The molecule has 3 aromatic rings. The van der Waals surface area contributed by atoms with Crippen LogP contribution < -0.4 is 14.4 Å². The number of ether oxygens (including phenoxy) is 1. The summed E-state index contributed by atoms with van der Waals surface area (Å²) in [6, 6.07) is 19.5. The Balaban J connectivity index is 2.09. The van der Waals surface area contributed by atoms with Crippen LogP contribution in [-0.4, -0.2) is 57.1 Å². The first kappa shape index (κ1) is 32.2. The maximum atomic E-state index is 14.1. The fourth-order valence-corrected chi connectivity index (χ4v) is 5.58. The van der Waals surface area contributed by atoms with Gasteiger partial charge in [0.2, 0.25) is 21.8 Å². The summed E-state index contributed by atoms with van der Waals surface area (Å²) in [6.07, 6.45) is 1.91. The monoisotopic (exact) mass is 619 g/mol. The van der Waals surface area contributed by atoms with Crippen molar-refractivity contribution >= 4 is 50.7 Å². The minimum Gasteiger partial charge on any atom is -0.497 e. The molecule has 3 aromatic carbocycles. The molecule has 0 aromatic heterocycles. The van der Waals surface area contributed by atoms with Gasteiger partial charge in [0.05, 0.1) is 19.1 Å². The van der Waals surface area contributed by atoms with Crippen LogP contribution in [0.25, 0.3) is 0 Å². The van der Waals surface area contributed by atoms with E-state index in [1.54, 1.807) is 42.5 Å². The van der Waals surface area contributed by atoms with Gasteiger partial charge in [-0.15, -0.1) is 0 Å². The van der Waals surface area contributed by atoms with Crippen molar-refractivity contribution in [3.05, 3.63) is 94.0 Å². The highest BCUT2D eigenvalue weighted by atomic mass is 35.5. The van der Waals surface area contributed by atoms with Crippen LogP contribution in [-0.2, 0) is 32.6 Å². The third kappa shape index (κ3) is 8.86. The van der Waals surface area contributed by atoms with Crippen molar-refractivity contribution in [2.24, 2.45) is 0 Å². The van der Waals surface area contributed by atoms with Crippen molar-refractivity contribution < 1.29 is 22.7 Å². The molecule has 0 heterocycles. The summed E-state index contributed by atoms with van der Waals surface area (Å²) in [5, 5.41) is 3.63. The van der Waals surface area contributed by atoms with E-state index in [1.807, 2.05) is 44.2 Å². The van der Waals surface area contributed by atoms with Crippen LogP contribution in [0.4, 0.5) is 5.69 Å². The highest BCUT2D eigenvalue weighted by molar-refractivity contribution is 7.92. The zero-order valence-electron chi connectivity index (χ0n) is 23.5.